The number of nitrogens with one attached hydrogen (secondary N) is 2. The van der Waals surface area contributed by atoms with Gasteiger partial charge in [0.2, 0.25) is 0 Å². The average Bonchev–Trinajstić information content (AvgIpc) is 2.86. The fourth-order valence-corrected chi connectivity index (χ4v) is 2.27. The second kappa shape index (κ2) is 12.4. The van der Waals surface area contributed by atoms with E-state index in [0.717, 1.165) is 30.6 Å². The van der Waals surface area contributed by atoms with Gasteiger partial charge in [0.1, 0.15) is 12.4 Å². The summed E-state index contributed by atoms with van der Waals surface area (Å²) < 4.78 is 12.6. The molecule has 0 aliphatic heterocycles. The topological polar surface area (TPSA) is 85.6 Å². The molecule has 0 bridgehead atoms. The van der Waals surface area contributed by atoms with Gasteiger partial charge in [-0.05, 0) is 18.8 Å². The summed E-state index contributed by atoms with van der Waals surface area (Å²) in [5, 5.41) is 14.9. The second-order valence-electron chi connectivity index (χ2n) is 7.13. The number of halogens is 1. The molecule has 26 heavy (non-hydrogen) atoms. The molecular formula is C17H35IN6O2. The zero-order valence-corrected chi connectivity index (χ0v) is 19.5. The molecule has 1 atom stereocenters. The maximum absolute atomic E-state index is 5.60. The van der Waals surface area contributed by atoms with E-state index in [4.69, 9.17) is 9.47 Å². The van der Waals surface area contributed by atoms with E-state index in [2.05, 4.69) is 46.6 Å². The zero-order valence-electron chi connectivity index (χ0n) is 17.1. The normalized spacial score (nSPS) is 13.3. The highest BCUT2D eigenvalue weighted by molar-refractivity contribution is 14.0. The fraction of sp³-hybridized carbons (Fsp3) is 0.824. The Morgan fingerprint density at radius 2 is 1.92 bits per heavy atom. The number of aryl methyl sites for hydroxylation is 1. The molecule has 8 nitrogen and oxygen atoms in total. The molecule has 1 rings (SSSR count). The van der Waals surface area contributed by atoms with Gasteiger partial charge in [-0.3, -0.25) is 0 Å². The number of aliphatic imine (C=N–C) groups is 1. The number of nitrogens with zero attached hydrogens (tertiary/aromatic N) is 4. The molecule has 1 aromatic heterocycles. The SMILES string of the molecule is COCCCNC(=NCc1nnc(C)n1C)NCC(OC)C(C)(C)C.I. The van der Waals surface area contributed by atoms with Crippen LogP contribution in [0.2, 0.25) is 0 Å². The first kappa shape index (κ1) is 25.1. The van der Waals surface area contributed by atoms with Gasteiger partial charge >= 0.3 is 0 Å². The van der Waals surface area contributed by atoms with Crippen LogP contribution in [0.5, 0.6) is 0 Å². The third-order valence-corrected chi connectivity index (χ3v) is 4.08. The third kappa shape index (κ3) is 8.63. The molecule has 0 aliphatic carbocycles. The average molecular weight is 482 g/mol. The van der Waals surface area contributed by atoms with Gasteiger partial charge in [0.25, 0.3) is 0 Å². The monoisotopic (exact) mass is 482 g/mol. The summed E-state index contributed by atoms with van der Waals surface area (Å²) in [4.78, 5) is 4.63. The highest BCUT2D eigenvalue weighted by Crippen LogP contribution is 2.20. The van der Waals surface area contributed by atoms with E-state index in [0.29, 0.717) is 19.7 Å². The number of methoxy groups -OCH3 is 2. The van der Waals surface area contributed by atoms with Crippen molar-refractivity contribution in [3.8, 4) is 0 Å². The van der Waals surface area contributed by atoms with Crippen LogP contribution in [0, 0.1) is 12.3 Å². The maximum Gasteiger partial charge on any atom is 0.191 e. The van der Waals surface area contributed by atoms with Crippen LogP contribution >= 0.6 is 24.0 Å². The van der Waals surface area contributed by atoms with Crippen LogP contribution in [0.15, 0.2) is 4.99 Å². The standard InChI is InChI=1S/C17H34N6O2.HI/c1-13-21-22-15(23(13)5)12-20-16(18-9-8-10-24-6)19-11-14(25-7)17(2,3)4;/h14H,8-12H2,1-7H3,(H2,18,19,20);1H. The summed E-state index contributed by atoms with van der Waals surface area (Å²) >= 11 is 0. The predicted octanol–water partition coefficient (Wildman–Crippen LogP) is 1.87. The molecule has 0 spiro atoms. The van der Waals surface area contributed by atoms with Crippen molar-refractivity contribution >= 4 is 29.9 Å². The van der Waals surface area contributed by atoms with E-state index in [9.17, 15) is 0 Å². The van der Waals surface area contributed by atoms with Gasteiger partial charge in [-0.2, -0.15) is 0 Å². The largest absolute Gasteiger partial charge is 0.385 e. The summed E-state index contributed by atoms with van der Waals surface area (Å²) in [5.41, 5.74) is 0.0453. The zero-order chi connectivity index (χ0) is 18.9. The molecule has 0 fully saturated rings. The van der Waals surface area contributed by atoms with Crippen LogP contribution in [-0.2, 0) is 23.1 Å². The molecule has 1 aromatic rings. The molecule has 0 aliphatic rings. The Balaban J connectivity index is 0.00000625. The van der Waals surface area contributed by atoms with Gasteiger partial charge in [-0.15, -0.1) is 34.2 Å². The molecule has 0 amide bonds. The van der Waals surface area contributed by atoms with E-state index >= 15 is 0 Å². The van der Waals surface area contributed by atoms with Crippen molar-refractivity contribution in [2.24, 2.45) is 17.5 Å². The Bertz CT molecular complexity index is 542. The molecular weight excluding hydrogens is 447 g/mol. The van der Waals surface area contributed by atoms with Crippen molar-refractivity contribution in [3.05, 3.63) is 11.6 Å². The molecule has 1 unspecified atom stereocenters. The summed E-state index contributed by atoms with van der Waals surface area (Å²) in [6.07, 6.45) is 0.989. The van der Waals surface area contributed by atoms with E-state index in [1.807, 2.05) is 18.5 Å². The van der Waals surface area contributed by atoms with Gasteiger partial charge in [-0.25, -0.2) is 4.99 Å². The van der Waals surface area contributed by atoms with E-state index < -0.39 is 0 Å². The lowest BCUT2D eigenvalue weighted by molar-refractivity contribution is 0.0205. The first-order chi connectivity index (χ1) is 11.8. The van der Waals surface area contributed by atoms with Crippen molar-refractivity contribution in [2.75, 3.05) is 33.9 Å². The Morgan fingerprint density at radius 1 is 1.23 bits per heavy atom. The first-order valence-corrected chi connectivity index (χ1v) is 8.68. The van der Waals surface area contributed by atoms with E-state index in [1.165, 1.54) is 0 Å². The van der Waals surface area contributed by atoms with Crippen LogP contribution in [0.25, 0.3) is 0 Å². The van der Waals surface area contributed by atoms with Crippen molar-refractivity contribution in [3.63, 3.8) is 0 Å². The highest BCUT2D eigenvalue weighted by atomic mass is 127. The van der Waals surface area contributed by atoms with Crippen LogP contribution in [0.3, 0.4) is 0 Å². The molecule has 2 N–H and O–H groups in total. The number of ether oxygens (including phenoxy) is 2. The highest BCUT2D eigenvalue weighted by Gasteiger charge is 2.24. The van der Waals surface area contributed by atoms with Gasteiger partial charge in [0.05, 0.1) is 6.10 Å². The number of hydrogen-bond acceptors (Lipinski definition) is 5. The lowest BCUT2D eigenvalue weighted by Crippen LogP contribution is -2.45. The Kier molecular flexibility index (Phi) is 12.0. The van der Waals surface area contributed by atoms with Crippen LogP contribution < -0.4 is 10.6 Å². The second-order valence-corrected chi connectivity index (χ2v) is 7.13. The molecule has 152 valence electrons. The van der Waals surface area contributed by atoms with Gasteiger partial charge in [0, 0.05) is 41.0 Å². The number of aromatic nitrogens is 3. The number of guanidine groups is 1. The lowest BCUT2D eigenvalue weighted by atomic mass is 9.89. The van der Waals surface area contributed by atoms with E-state index in [-0.39, 0.29) is 35.5 Å². The molecule has 0 saturated heterocycles. The lowest BCUT2D eigenvalue weighted by Gasteiger charge is -2.30. The minimum atomic E-state index is 0. The van der Waals surface area contributed by atoms with Crippen molar-refractivity contribution in [1.29, 1.82) is 0 Å². The number of hydrogen-bond donors (Lipinski definition) is 2. The summed E-state index contributed by atoms with van der Waals surface area (Å²) in [7, 11) is 5.39. The van der Waals surface area contributed by atoms with Gasteiger partial charge in [0.15, 0.2) is 11.8 Å². The number of rotatable bonds is 9. The van der Waals surface area contributed by atoms with Gasteiger partial charge in [-0.1, -0.05) is 20.8 Å². The quantitative estimate of drug-likeness (QED) is 0.242. The molecule has 1 heterocycles. The Labute approximate surface area is 174 Å². The molecule has 0 radical (unpaired) electrons. The van der Waals surface area contributed by atoms with Crippen LogP contribution in [0.1, 0.15) is 38.8 Å². The molecule has 0 aromatic carbocycles. The maximum atomic E-state index is 5.60. The molecule has 9 heteroatoms. The Hall–Kier alpha value is -0.940. The third-order valence-electron chi connectivity index (χ3n) is 4.08. The van der Waals surface area contributed by atoms with E-state index in [1.54, 1.807) is 14.2 Å². The summed E-state index contributed by atoms with van der Waals surface area (Å²) in [6.45, 7) is 11.0. The smallest absolute Gasteiger partial charge is 0.191 e. The fourth-order valence-electron chi connectivity index (χ4n) is 2.27. The van der Waals surface area contributed by atoms with Crippen molar-refractivity contribution < 1.29 is 9.47 Å². The predicted molar refractivity (Wildman–Crippen MR) is 115 cm³/mol. The Morgan fingerprint density at radius 3 is 2.42 bits per heavy atom. The van der Waals surface area contributed by atoms with Gasteiger partial charge < -0.3 is 24.7 Å². The molecule has 0 saturated carbocycles. The minimum Gasteiger partial charge on any atom is -0.385 e. The minimum absolute atomic E-state index is 0. The van der Waals surface area contributed by atoms with Crippen molar-refractivity contribution in [2.45, 2.75) is 46.8 Å². The van der Waals surface area contributed by atoms with Crippen molar-refractivity contribution in [1.82, 2.24) is 25.4 Å². The van der Waals surface area contributed by atoms with Crippen LogP contribution in [0.4, 0.5) is 0 Å². The van der Waals surface area contributed by atoms with Crippen LogP contribution in [-0.4, -0.2) is 60.7 Å². The summed E-state index contributed by atoms with van der Waals surface area (Å²) in [6, 6.07) is 0. The summed E-state index contributed by atoms with van der Waals surface area (Å²) in [5.74, 6) is 2.44. The first-order valence-electron chi connectivity index (χ1n) is 8.68.